The number of aryl methyl sites for hydroxylation is 1. The fraction of sp³-hybridized carbons (Fsp3) is 0.667. The summed E-state index contributed by atoms with van der Waals surface area (Å²) in [5.74, 6) is 0.0953. The van der Waals surface area contributed by atoms with Gasteiger partial charge < -0.3 is 15.1 Å². The zero-order valence-corrected chi connectivity index (χ0v) is 16.1. The summed E-state index contributed by atoms with van der Waals surface area (Å²) in [4.78, 5) is 14.6. The summed E-state index contributed by atoms with van der Waals surface area (Å²) in [6.45, 7) is 4.12. The van der Waals surface area contributed by atoms with E-state index < -0.39 is 10.0 Å². The van der Waals surface area contributed by atoms with Gasteiger partial charge in [-0.15, -0.1) is 12.4 Å². The number of carbonyl (C=O) groups excluding carboxylic acids is 1. The van der Waals surface area contributed by atoms with Gasteiger partial charge in [0.25, 0.3) is 15.9 Å². The van der Waals surface area contributed by atoms with Crippen LogP contribution in [0.3, 0.4) is 0 Å². The molecule has 24 heavy (non-hydrogen) atoms. The van der Waals surface area contributed by atoms with Crippen LogP contribution in [0.2, 0.25) is 0 Å². The number of likely N-dealkylation sites (tertiary alicyclic amines) is 1. The van der Waals surface area contributed by atoms with Crippen LogP contribution in [0.1, 0.15) is 42.3 Å². The fourth-order valence-electron chi connectivity index (χ4n) is 2.89. The first-order chi connectivity index (χ1) is 10.7. The van der Waals surface area contributed by atoms with Crippen LogP contribution in [0.4, 0.5) is 0 Å². The van der Waals surface area contributed by atoms with Crippen LogP contribution < -0.4 is 5.73 Å². The van der Waals surface area contributed by atoms with E-state index in [2.05, 4.69) is 0 Å². The van der Waals surface area contributed by atoms with Gasteiger partial charge in [-0.25, -0.2) is 12.7 Å². The summed E-state index contributed by atoms with van der Waals surface area (Å²) >= 11 is 0. The molecular formula is C15H26ClN3O4S. The van der Waals surface area contributed by atoms with Gasteiger partial charge in [0.15, 0.2) is 0 Å². The number of carbonyl (C=O) groups is 1. The summed E-state index contributed by atoms with van der Waals surface area (Å²) in [6, 6.07) is 1.16. The maximum atomic E-state index is 12.8. The minimum Gasteiger partial charge on any atom is -0.448 e. The van der Waals surface area contributed by atoms with Gasteiger partial charge in [0.05, 0.1) is 5.56 Å². The number of halogens is 1. The van der Waals surface area contributed by atoms with Gasteiger partial charge >= 0.3 is 0 Å². The first-order valence-corrected chi connectivity index (χ1v) is 9.19. The molecule has 1 aromatic rings. The molecule has 0 radical (unpaired) electrons. The molecule has 0 saturated carbocycles. The van der Waals surface area contributed by atoms with Crippen LogP contribution in [0.15, 0.2) is 15.6 Å². The second kappa shape index (κ2) is 7.86. The van der Waals surface area contributed by atoms with Crippen molar-refractivity contribution < 1.29 is 17.6 Å². The standard InChI is InChI=1S/C15H25N3O4S.ClH/c1-10(16)13-7-5-6-8-18(13)15(19)12-9-14(22-11(12)2)23(20,21)17(3)4;/h9-10,13H,5-8,16H2,1-4H3;1H. The lowest BCUT2D eigenvalue weighted by Gasteiger charge is -2.38. The predicted octanol–water partition coefficient (Wildman–Crippen LogP) is 1.60. The third-order valence-corrected chi connectivity index (χ3v) is 5.95. The van der Waals surface area contributed by atoms with Crippen LogP contribution in [0.5, 0.6) is 0 Å². The molecule has 2 rings (SSSR count). The van der Waals surface area contributed by atoms with E-state index in [0.717, 1.165) is 23.6 Å². The summed E-state index contributed by atoms with van der Waals surface area (Å²) in [7, 11) is -0.857. The topological polar surface area (TPSA) is 96.8 Å². The average molecular weight is 380 g/mol. The molecule has 0 bridgehead atoms. The van der Waals surface area contributed by atoms with E-state index in [1.165, 1.54) is 20.2 Å². The lowest BCUT2D eigenvalue weighted by atomic mass is 9.96. The van der Waals surface area contributed by atoms with Gasteiger partial charge in [-0.1, -0.05) is 0 Å². The zero-order chi connectivity index (χ0) is 17.4. The van der Waals surface area contributed by atoms with Crippen molar-refractivity contribution in [1.29, 1.82) is 0 Å². The molecule has 9 heteroatoms. The molecule has 1 aliphatic rings. The van der Waals surface area contributed by atoms with Gasteiger partial charge in [-0.05, 0) is 33.1 Å². The first kappa shape index (κ1) is 21.0. The first-order valence-electron chi connectivity index (χ1n) is 7.75. The Bertz CT molecular complexity index is 685. The largest absolute Gasteiger partial charge is 0.448 e. The molecule has 2 heterocycles. The maximum absolute atomic E-state index is 12.8. The molecule has 2 atom stereocenters. The minimum absolute atomic E-state index is 0. The minimum atomic E-state index is -3.70. The Morgan fingerprint density at radius 3 is 2.58 bits per heavy atom. The maximum Gasteiger partial charge on any atom is 0.275 e. The lowest BCUT2D eigenvalue weighted by molar-refractivity contribution is 0.0582. The molecule has 7 nitrogen and oxygen atoms in total. The highest BCUT2D eigenvalue weighted by atomic mass is 35.5. The van der Waals surface area contributed by atoms with Crippen molar-refractivity contribution in [2.75, 3.05) is 20.6 Å². The number of nitrogens with two attached hydrogens (primary N) is 1. The Hall–Kier alpha value is -1.09. The van der Waals surface area contributed by atoms with Gasteiger partial charge in [0.1, 0.15) is 5.76 Å². The van der Waals surface area contributed by atoms with Crippen LogP contribution in [0.25, 0.3) is 0 Å². The highest BCUT2D eigenvalue weighted by molar-refractivity contribution is 7.88. The van der Waals surface area contributed by atoms with Crippen LogP contribution in [-0.4, -0.2) is 56.3 Å². The van der Waals surface area contributed by atoms with Crippen molar-refractivity contribution in [3.63, 3.8) is 0 Å². The molecule has 0 aromatic carbocycles. The van der Waals surface area contributed by atoms with Gasteiger partial charge in [0.2, 0.25) is 5.09 Å². The number of furan rings is 1. The smallest absolute Gasteiger partial charge is 0.275 e. The average Bonchev–Trinajstić information content (AvgIpc) is 2.89. The number of nitrogens with zero attached hydrogens (tertiary/aromatic N) is 2. The van der Waals surface area contributed by atoms with Crippen molar-refractivity contribution >= 4 is 28.3 Å². The normalized spacial score (nSPS) is 19.9. The number of hydrogen-bond acceptors (Lipinski definition) is 5. The number of piperidine rings is 1. The highest BCUT2D eigenvalue weighted by Gasteiger charge is 2.33. The zero-order valence-electron chi connectivity index (χ0n) is 14.5. The van der Waals surface area contributed by atoms with Gasteiger partial charge in [-0.3, -0.25) is 4.79 Å². The molecule has 0 spiro atoms. The molecule has 2 N–H and O–H groups in total. The van der Waals surface area contributed by atoms with E-state index in [1.807, 2.05) is 6.92 Å². The predicted molar refractivity (Wildman–Crippen MR) is 93.9 cm³/mol. The summed E-state index contributed by atoms with van der Waals surface area (Å²) in [6.07, 6.45) is 2.83. The van der Waals surface area contributed by atoms with E-state index in [-0.39, 0.29) is 41.1 Å². The van der Waals surface area contributed by atoms with Gasteiger partial charge in [-0.2, -0.15) is 0 Å². The molecule has 2 unspecified atom stereocenters. The molecule has 138 valence electrons. The van der Waals surface area contributed by atoms with Gasteiger partial charge in [0, 0.05) is 38.8 Å². The number of amides is 1. The van der Waals surface area contributed by atoms with Crippen LogP contribution >= 0.6 is 12.4 Å². The van der Waals surface area contributed by atoms with E-state index in [1.54, 1.807) is 11.8 Å². The van der Waals surface area contributed by atoms with Crippen molar-refractivity contribution in [2.45, 2.75) is 50.3 Å². The van der Waals surface area contributed by atoms with E-state index in [4.69, 9.17) is 10.2 Å². The molecule has 1 fully saturated rings. The van der Waals surface area contributed by atoms with Crippen molar-refractivity contribution in [3.05, 3.63) is 17.4 Å². The highest BCUT2D eigenvalue weighted by Crippen LogP contribution is 2.26. The quantitative estimate of drug-likeness (QED) is 0.856. The molecular weight excluding hydrogens is 354 g/mol. The summed E-state index contributed by atoms with van der Waals surface area (Å²) in [5.41, 5.74) is 6.30. The number of hydrogen-bond donors (Lipinski definition) is 1. The van der Waals surface area contributed by atoms with E-state index >= 15 is 0 Å². The lowest BCUT2D eigenvalue weighted by Crippen LogP contribution is -2.51. The number of sulfonamides is 1. The molecule has 1 aromatic heterocycles. The Morgan fingerprint density at radius 2 is 2.04 bits per heavy atom. The number of rotatable bonds is 4. The Morgan fingerprint density at radius 1 is 1.42 bits per heavy atom. The van der Waals surface area contributed by atoms with Crippen LogP contribution in [0, 0.1) is 6.92 Å². The third kappa shape index (κ3) is 3.93. The van der Waals surface area contributed by atoms with E-state index in [0.29, 0.717) is 12.3 Å². The molecule has 0 aliphatic carbocycles. The van der Waals surface area contributed by atoms with E-state index in [9.17, 15) is 13.2 Å². The Balaban J connectivity index is 0.00000288. The third-order valence-electron chi connectivity index (χ3n) is 4.28. The van der Waals surface area contributed by atoms with Crippen LogP contribution in [-0.2, 0) is 10.0 Å². The SMILES string of the molecule is Cc1oc(S(=O)(=O)N(C)C)cc1C(=O)N1CCCCC1C(C)N.Cl. The van der Waals surface area contributed by atoms with Crippen molar-refractivity contribution in [1.82, 2.24) is 9.21 Å². The monoisotopic (exact) mass is 379 g/mol. The molecule has 1 amide bonds. The Kier molecular flexibility index (Phi) is 6.86. The second-order valence-corrected chi connectivity index (χ2v) is 8.33. The summed E-state index contributed by atoms with van der Waals surface area (Å²) < 4.78 is 30.7. The summed E-state index contributed by atoms with van der Waals surface area (Å²) in [5, 5.41) is -0.210. The Labute approximate surface area is 149 Å². The fourth-order valence-corrected chi connectivity index (χ4v) is 3.74. The van der Waals surface area contributed by atoms with Crippen molar-refractivity contribution in [3.8, 4) is 0 Å². The second-order valence-electron chi connectivity index (χ2n) is 6.24. The molecule has 1 aliphatic heterocycles. The molecule has 1 saturated heterocycles. The van der Waals surface area contributed by atoms with Crippen molar-refractivity contribution in [2.24, 2.45) is 5.73 Å².